The van der Waals surface area contributed by atoms with Crippen molar-refractivity contribution in [3.05, 3.63) is 17.6 Å². The highest BCUT2D eigenvalue weighted by molar-refractivity contribution is 5.90. The first-order valence-electron chi connectivity index (χ1n) is 6.29. The Hall–Kier alpha value is -1.66. The molecule has 6 heteroatoms. The summed E-state index contributed by atoms with van der Waals surface area (Å²) in [7, 11) is 1.66. The van der Waals surface area contributed by atoms with Gasteiger partial charge in [0.25, 0.3) is 0 Å². The van der Waals surface area contributed by atoms with Gasteiger partial charge < -0.3 is 19.8 Å². The average molecular weight is 264 g/mol. The molecule has 2 N–H and O–H groups in total. The van der Waals surface area contributed by atoms with E-state index in [9.17, 15) is 0 Å². The van der Waals surface area contributed by atoms with Crippen LogP contribution in [0.2, 0.25) is 0 Å². The Bertz CT molecular complexity index is 565. The molecule has 19 heavy (non-hydrogen) atoms. The Morgan fingerprint density at radius 2 is 2.00 bits per heavy atom. The number of methoxy groups -OCH3 is 1. The number of hydrogen-bond donors (Lipinski definition) is 1. The van der Waals surface area contributed by atoms with E-state index in [2.05, 4.69) is 21.5 Å². The monoisotopic (exact) mass is 264 g/mol. The van der Waals surface area contributed by atoms with Crippen LogP contribution in [0.4, 0.5) is 5.82 Å². The Kier molecular flexibility index (Phi) is 4.34. The van der Waals surface area contributed by atoms with Crippen LogP contribution < -0.4 is 5.73 Å². The van der Waals surface area contributed by atoms with E-state index in [4.69, 9.17) is 15.2 Å². The van der Waals surface area contributed by atoms with Crippen LogP contribution >= 0.6 is 0 Å². The van der Waals surface area contributed by atoms with E-state index in [1.54, 1.807) is 7.11 Å². The van der Waals surface area contributed by atoms with Gasteiger partial charge in [0, 0.05) is 19.3 Å². The summed E-state index contributed by atoms with van der Waals surface area (Å²) < 4.78 is 12.6. The number of rotatable bonds is 6. The largest absolute Gasteiger partial charge is 0.383 e. The molecule has 2 heterocycles. The van der Waals surface area contributed by atoms with E-state index in [-0.39, 0.29) is 0 Å². The van der Waals surface area contributed by atoms with Gasteiger partial charge in [-0.15, -0.1) is 0 Å². The third-order valence-corrected chi connectivity index (χ3v) is 3.33. The van der Waals surface area contributed by atoms with Crippen molar-refractivity contribution in [3.63, 3.8) is 0 Å². The van der Waals surface area contributed by atoms with Crippen molar-refractivity contribution < 1.29 is 9.47 Å². The number of fused-ring (bicyclic) bond motifs is 1. The number of anilines is 1. The van der Waals surface area contributed by atoms with Crippen LogP contribution in [0.3, 0.4) is 0 Å². The van der Waals surface area contributed by atoms with Crippen LogP contribution in [-0.4, -0.2) is 41.5 Å². The maximum absolute atomic E-state index is 5.92. The Morgan fingerprint density at radius 3 is 2.74 bits per heavy atom. The molecule has 2 aromatic heterocycles. The van der Waals surface area contributed by atoms with Crippen molar-refractivity contribution in [1.82, 2.24) is 14.5 Å². The van der Waals surface area contributed by atoms with Crippen LogP contribution in [0.25, 0.3) is 11.0 Å². The van der Waals surface area contributed by atoms with Crippen molar-refractivity contribution in [2.75, 3.05) is 32.7 Å². The van der Waals surface area contributed by atoms with Crippen molar-refractivity contribution in [3.8, 4) is 0 Å². The first-order valence-corrected chi connectivity index (χ1v) is 6.29. The Balaban J connectivity index is 2.19. The second-order valence-electron chi connectivity index (χ2n) is 4.42. The normalized spacial score (nSPS) is 11.3. The molecular formula is C13H20N4O2. The molecule has 0 aliphatic rings. The lowest BCUT2D eigenvalue weighted by Crippen LogP contribution is -2.10. The zero-order valence-corrected chi connectivity index (χ0v) is 11.6. The van der Waals surface area contributed by atoms with Gasteiger partial charge in [0.1, 0.15) is 17.8 Å². The van der Waals surface area contributed by atoms with E-state index < -0.39 is 0 Å². The average Bonchev–Trinajstić information content (AvgIpc) is 2.64. The molecule has 0 atom stereocenters. The van der Waals surface area contributed by atoms with E-state index in [0.717, 1.165) is 28.8 Å². The molecule has 0 unspecified atom stereocenters. The third-order valence-electron chi connectivity index (χ3n) is 3.33. The van der Waals surface area contributed by atoms with Gasteiger partial charge in [0.05, 0.1) is 25.2 Å². The van der Waals surface area contributed by atoms with E-state index in [1.165, 1.54) is 6.33 Å². The topological polar surface area (TPSA) is 75.2 Å². The molecule has 104 valence electrons. The van der Waals surface area contributed by atoms with Gasteiger partial charge >= 0.3 is 0 Å². The summed E-state index contributed by atoms with van der Waals surface area (Å²) in [4.78, 5) is 8.38. The Labute approximate surface area is 112 Å². The molecule has 0 amide bonds. The maximum Gasteiger partial charge on any atom is 0.146 e. The lowest BCUT2D eigenvalue weighted by molar-refractivity contribution is 0.0668. The predicted molar refractivity (Wildman–Crippen MR) is 74.1 cm³/mol. The van der Waals surface area contributed by atoms with E-state index in [1.807, 2.05) is 6.92 Å². The molecule has 0 aliphatic carbocycles. The summed E-state index contributed by atoms with van der Waals surface area (Å²) in [6.07, 6.45) is 1.50. The van der Waals surface area contributed by atoms with Crippen molar-refractivity contribution in [2.24, 2.45) is 0 Å². The summed E-state index contributed by atoms with van der Waals surface area (Å²) in [6, 6.07) is 0. The molecule has 0 saturated carbocycles. The lowest BCUT2D eigenvalue weighted by atomic mass is 10.2. The second kappa shape index (κ2) is 5.99. The van der Waals surface area contributed by atoms with Gasteiger partial charge in [-0.1, -0.05) is 0 Å². The highest BCUT2D eigenvalue weighted by Crippen LogP contribution is 2.26. The third kappa shape index (κ3) is 2.69. The minimum atomic E-state index is 0.532. The quantitative estimate of drug-likeness (QED) is 0.796. The molecular weight excluding hydrogens is 244 g/mol. The molecule has 2 aromatic rings. The first kappa shape index (κ1) is 13.8. The molecule has 0 aliphatic heterocycles. The van der Waals surface area contributed by atoms with Crippen LogP contribution in [0.1, 0.15) is 11.3 Å². The van der Waals surface area contributed by atoms with Crippen LogP contribution in [0.5, 0.6) is 0 Å². The summed E-state index contributed by atoms with van der Waals surface area (Å²) >= 11 is 0. The van der Waals surface area contributed by atoms with Crippen LogP contribution in [0, 0.1) is 13.8 Å². The van der Waals surface area contributed by atoms with Gasteiger partial charge in [-0.2, -0.15) is 0 Å². The van der Waals surface area contributed by atoms with Crippen molar-refractivity contribution in [1.29, 1.82) is 0 Å². The van der Waals surface area contributed by atoms with Crippen LogP contribution in [-0.2, 0) is 16.0 Å². The van der Waals surface area contributed by atoms with Gasteiger partial charge in [-0.3, -0.25) is 0 Å². The molecule has 0 fully saturated rings. The van der Waals surface area contributed by atoms with Gasteiger partial charge in [0.15, 0.2) is 0 Å². The zero-order chi connectivity index (χ0) is 13.8. The lowest BCUT2D eigenvalue weighted by Gasteiger charge is -2.08. The molecule has 0 saturated heterocycles. The highest BCUT2D eigenvalue weighted by Gasteiger charge is 2.14. The summed E-state index contributed by atoms with van der Waals surface area (Å²) in [5.41, 5.74) is 9.07. The van der Waals surface area contributed by atoms with Gasteiger partial charge in [0.2, 0.25) is 0 Å². The van der Waals surface area contributed by atoms with Crippen molar-refractivity contribution in [2.45, 2.75) is 20.4 Å². The van der Waals surface area contributed by atoms with Gasteiger partial charge in [-0.25, -0.2) is 9.97 Å². The predicted octanol–water partition coefficient (Wildman–Crippen LogP) is 1.29. The SMILES string of the molecule is COCCOCCn1c(C)c(C)c2c(N)ncnc21. The summed E-state index contributed by atoms with van der Waals surface area (Å²) in [5, 5.41) is 0.942. The standard InChI is InChI=1S/C13H20N4O2/c1-9-10(2)17(4-5-19-7-6-18-3)13-11(9)12(14)15-8-16-13/h8H,4-7H2,1-3H3,(H2,14,15,16). The minimum Gasteiger partial charge on any atom is -0.383 e. The minimum absolute atomic E-state index is 0.532. The fourth-order valence-electron chi connectivity index (χ4n) is 2.17. The number of nitrogen functional groups attached to an aromatic ring is 1. The number of aryl methyl sites for hydroxylation is 1. The zero-order valence-electron chi connectivity index (χ0n) is 11.6. The summed E-state index contributed by atoms with van der Waals surface area (Å²) in [6.45, 7) is 6.68. The Morgan fingerprint density at radius 1 is 1.21 bits per heavy atom. The molecule has 6 nitrogen and oxygen atoms in total. The number of aromatic nitrogens is 3. The fraction of sp³-hybridized carbons (Fsp3) is 0.538. The van der Waals surface area contributed by atoms with Crippen LogP contribution in [0.15, 0.2) is 6.33 Å². The fourth-order valence-corrected chi connectivity index (χ4v) is 2.17. The number of hydrogen-bond acceptors (Lipinski definition) is 5. The number of ether oxygens (including phenoxy) is 2. The van der Waals surface area contributed by atoms with Gasteiger partial charge in [-0.05, 0) is 19.4 Å². The first-order chi connectivity index (χ1) is 9.16. The summed E-state index contributed by atoms with van der Waals surface area (Å²) in [5.74, 6) is 0.532. The molecule has 0 spiro atoms. The smallest absolute Gasteiger partial charge is 0.146 e. The maximum atomic E-state index is 5.92. The molecule has 0 bridgehead atoms. The molecule has 2 rings (SSSR count). The highest BCUT2D eigenvalue weighted by atomic mass is 16.5. The second-order valence-corrected chi connectivity index (χ2v) is 4.42. The molecule has 0 radical (unpaired) electrons. The molecule has 0 aromatic carbocycles. The van der Waals surface area contributed by atoms with Crippen molar-refractivity contribution >= 4 is 16.9 Å². The van der Waals surface area contributed by atoms with E-state index >= 15 is 0 Å². The number of nitrogens with zero attached hydrogens (tertiary/aromatic N) is 3. The number of nitrogens with two attached hydrogens (primary N) is 1. The van der Waals surface area contributed by atoms with E-state index in [0.29, 0.717) is 25.6 Å².